The molecule has 0 N–H and O–H groups in total. The third kappa shape index (κ3) is 7.77. The van der Waals surface area contributed by atoms with Gasteiger partial charge in [-0.1, -0.05) is 73.7 Å². The highest BCUT2D eigenvalue weighted by Crippen LogP contribution is 2.28. The normalized spacial score (nSPS) is 11.7. The van der Waals surface area contributed by atoms with Crippen LogP contribution in [0.1, 0.15) is 44.3 Å². The minimum atomic E-state index is -1.09. The van der Waals surface area contributed by atoms with Gasteiger partial charge in [0.1, 0.15) is 17.3 Å². The molecule has 0 heterocycles. The van der Waals surface area contributed by atoms with Crippen molar-refractivity contribution in [2.45, 2.75) is 38.7 Å². The summed E-state index contributed by atoms with van der Waals surface area (Å²) >= 11 is 12.2. The van der Waals surface area contributed by atoms with Crippen molar-refractivity contribution in [1.29, 1.82) is 0 Å². The SMILES string of the molecule is CCCCCC(OB(Oc1cccc(Cl)c1)Oc1cccc(Cl)c1)c1cccc(F)c1. The Labute approximate surface area is 193 Å². The summed E-state index contributed by atoms with van der Waals surface area (Å²) in [7, 11) is -1.09. The number of unbranched alkanes of at least 4 members (excludes halogenated alkanes) is 2. The topological polar surface area (TPSA) is 27.7 Å². The van der Waals surface area contributed by atoms with Crippen molar-refractivity contribution in [3.05, 3.63) is 94.2 Å². The molecular weight excluding hydrogens is 437 g/mol. The summed E-state index contributed by atoms with van der Waals surface area (Å²) in [5, 5.41) is 1.06. The van der Waals surface area contributed by atoms with Gasteiger partial charge in [-0.3, -0.25) is 0 Å². The first-order valence-electron chi connectivity index (χ1n) is 10.3. The molecule has 3 rings (SSSR count). The highest BCUT2D eigenvalue weighted by atomic mass is 35.5. The molecule has 0 aliphatic carbocycles. The zero-order chi connectivity index (χ0) is 22.1. The van der Waals surface area contributed by atoms with E-state index in [0.717, 1.165) is 24.8 Å². The summed E-state index contributed by atoms with van der Waals surface area (Å²) in [6, 6.07) is 20.3. The number of benzene rings is 3. The molecular formula is C24H24BCl2FO3. The fraction of sp³-hybridized carbons (Fsp3) is 0.250. The van der Waals surface area contributed by atoms with Gasteiger partial charge in [-0.15, -0.1) is 0 Å². The predicted octanol–water partition coefficient (Wildman–Crippen LogP) is 7.91. The second-order valence-corrected chi connectivity index (χ2v) is 7.99. The third-order valence-electron chi connectivity index (χ3n) is 4.62. The molecule has 3 nitrogen and oxygen atoms in total. The summed E-state index contributed by atoms with van der Waals surface area (Å²) in [4.78, 5) is 0. The standard InChI is InChI=1S/C24H24BCl2FO3/c1-2-3-4-14-24(18-8-5-11-21(28)15-18)31-25(29-22-12-6-9-19(26)16-22)30-23-13-7-10-20(27)17-23/h5-13,15-17,24H,2-4,14H2,1H3. The van der Waals surface area contributed by atoms with E-state index in [0.29, 0.717) is 28.0 Å². The van der Waals surface area contributed by atoms with Gasteiger partial charge in [0.05, 0.1) is 6.10 Å². The quantitative estimate of drug-likeness (QED) is 0.215. The van der Waals surface area contributed by atoms with Crippen molar-refractivity contribution < 1.29 is 18.4 Å². The van der Waals surface area contributed by atoms with Crippen molar-refractivity contribution >= 4 is 30.5 Å². The molecule has 1 atom stereocenters. The van der Waals surface area contributed by atoms with Gasteiger partial charge in [0.25, 0.3) is 0 Å². The van der Waals surface area contributed by atoms with E-state index >= 15 is 0 Å². The maximum atomic E-state index is 13.9. The van der Waals surface area contributed by atoms with Crippen LogP contribution in [0.2, 0.25) is 10.0 Å². The highest BCUT2D eigenvalue weighted by Gasteiger charge is 2.32. The Kier molecular flexibility index (Phi) is 9.07. The third-order valence-corrected chi connectivity index (χ3v) is 5.09. The van der Waals surface area contributed by atoms with Gasteiger partial charge in [-0.05, 0) is 60.5 Å². The molecule has 0 aliphatic rings. The summed E-state index contributed by atoms with van der Waals surface area (Å²) in [5.74, 6) is 0.668. The lowest BCUT2D eigenvalue weighted by Crippen LogP contribution is -2.35. The number of hydrogen-bond acceptors (Lipinski definition) is 3. The zero-order valence-corrected chi connectivity index (χ0v) is 18.8. The van der Waals surface area contributed by atoms with Crippen LogP contribution in [0.5, 0.6) is 11.5 Å². The Balaban J connectivity index is 1.84. The smallest absolute Gasteiger partial charge is 0.501 e. The average Bonchev–Trinajstić information content (AvgIpc) is 2.73. The number of hydrogen-bond donors (Lipinski definition) is 0. The van der Waals surface area contributed by atoms with Gasteiger partial charge in [0.2, 0.25) is 0 Å². The molecule has 0 spiro atoms. The van der Waals surface area contributed by atoms with Crippen LogP contribution in [0, 0.1) is 5.82 Å². The Bertz CT molecular complexity index is 925. The van der Waals surface area contributed by atoms with E-state index in [-0.39, 0.29) is 5.82 Å². The van der Waals surface area contributed by atoms with Crippen molar-refractivity contribution in [3.63, 3.8) is 0 Å². The van der Waals surface area contributed by atoms with Gasteiger partial charge in [-0.25, -0.2) is 4.39 Å². The predicted molar refractivity (Wildman–Crippen MR) is 124 cm³/mol. The fourth-order valence-corrected chi connectivity index (χ4v) is 3.48. The van der Waals surface area contributed by atoms with Gasteiger partial charge < -0.3 is 14.0 Å². The van der Waals surface area contributed by atoms with Gasteiger partial charge in [0, 0.05) is 10.0 Å². The van der Waals surface area contributed by atoms with E-state index in [1.807, 2.05) is 6.07 Å². The van der Waals surface area contributed by atoms with Gasteiger partial charge in [0.15, 0.2) is 0 Å². The summed E-state index contributed by atoms with van der Waals surface area (Å²) in [5.41, 5.74) is 0.727. The van der Waals surface area contributed by atoms with Crippen molar-refractivity contribution in [3.8, 4) is 11.5 Å². The molecule has 0 radical (unpaired) electrons. The van der Waals surface area contributed by atoms with Gasteiger partial charge >= 0.3 is 7.32 Å². The Morgan fingerprint density at radius 2 is 1.45 bits per heavy atom. The monoisotopic (exact) mass is 460 g/mol. The van der Waals surface area contributed by atoms with Crippen LogP contribution >= 0.6 is 23.2 Å². The lowest BCUT2D eigenvalue weighted by Gasteiger charge is -2.23. The number of halogens is 3. The van der Waals surface area contributed by atoms with Crippen LogP contribution in [0.25, 0.3) is 0 Å². The molecule has 3 aromatic carbocycles. The molecule has 162 valence electrons. The molecule has 0 bridgehead atoms. The first kappa shape index (κ1) is 23.5. The largest absolute Gasteiger partial charge is 0.788 e. The molecule has 0 saturated heterocycles. The van der Waals surface area contributed by atoms with E-state index in [1.54, 1.807) is 54.6 Å². The minimum Gasteiger partial charge on any atom is -0.501 e. The van der Waals surface area contributed by atoms with E-state index in [1.165, 1.54) is 12.1 Å². The van der Waals surface area contributed by atoms with Crippen LogP contribution in [0.4, 0.5) is 4.39 Å². The highest BCUT2D eigenvalue weighted by molar-refractivity contribution is 6.39. The Morgan fingerprint density at radius 1 is 0.839 bits per heavy atom. The van der Waals surface area contributed by atoms with E-state index < -0.39 is 13.4 Å². The summed E-state index contributed by atoms with van der Waals surface area (Å²) in [6.07, 6.45) is 3.33. The molecule has 0 saturated carbocycles. The zero-order valence-electron chi connectivity index (χ0n) is 17.3. The van der Waals surface area contributed by atoms with E-state index in [2.05, 4.69) is 6.92 Å². The van der Waals surface area contributed by atoms with E-state index in [9.17, 15) is 4.39 Å². The molecule has 0 amide bonds. The van der Waals surface area contributed by atoms with Crippen LogP contribution in [-0.2, 0) is 4.65 Å². The summed E-state index contributed by atoms with van der Waals surface area (Å²) in [6.45, 7) is 2.13. The average molecular weight is 461 g/mol. The van der Waals surface area contributed by atoms with Crippen LogP contribution in [-0.4, -0.2) is 7.32 Å². The molecule has 7 heteroatoms. The van der Waals surface area contributed by atoms with Gasteiger partial charge in [-0.2, -0.15) is 0 Å². The van der Waals surface area contributed by atoms with Crippen molar-refractivity contribution in [2.24, 2.45) is 0 Å². The molecule has 0 fully saturated rings. The second-order valence-electron chi connectivity index (χ2n) is 7.11. The van der Waals surface area contributed by atoms with Crippen LogP contribution < -0.4 is 9.31 Å². The minimum absolute atomic E-state index is 0.315. The Morgan fingerprint density at radius 3 is 2.00 bits per heavy atom. The van der Waals surface area contributed by atoms with Crippen molar-refractivity contribution in [1.82, 2.24) is 0 Å². The second kappa shape index (κ2) is 12.0. The molecule has 1 unspecified atom stereocenters. The molecule has 3 aromatic rings. The maximum Gasteiger partial charge on any atom is 0.788 e. The first-order chi connectivity index (χ1) is 15.0. The lowest BCUT2D eigenvalue weighted by molar-refractivity contribution is 0.120. The molecule has 31 heavy (non-hydrogen) atoms. The van der Waals surface area contributed by atoms with Crippen molar-refractivity contribution in [2.75, 3.05) is 0 Å². The van der Waals surface area contributed by atoms with E-state index in [4.69, 9.17) is 37.2 Å². The Hall–Kier alpha value is -2.21. The molecule has 0 aromatic heterocycles. The lowest BCUT2D eigenvalue weighted by atomic mass is 10.0. The van der Waals surface area contributed by atoms with Crippen LogP contribution in [0.3, 0.4) is 0 Å². The maximum absolute atomic E-state index is 13.9. The first-order valence-corrected chi connectivity index (χ1v) is 11.0. The number of rotatable bonds is 11. The van der Waals surface area contributed by atoms with Crippen LogP contribution in [0.15, 0.2) is 72.8 Å². The summed E-state index contributed by atoms with van der Waals surface area (Å²) < 4.78 is 32.0. The fourth-order valence-electron chi connectivity index (χ4n) is 3.12. The molecule has 0 aliphatic heterocycles.